The Kier molecular flexibility index (Phi) is 4.98. The normalized spacial score (nSPS) is 17.9. The average molecular weight is 295 g/mol. The zero-order valence-electron chi connectivity index (χ0n) is 11.2. The smallest absolute Gasteiger partial charge is 0.226 e. The zero-order chi connectivity index (χ0) is 13.1. The van der Waals surface area contributed by atoms with Crippen molar-refractivity contribution in [3.05, 3.63) is 30.0 Å². The highest BCUT2D eigenvalue weighted by Crippen LogP contribution is 2.15. The zero-order valence-corrected chi connectivity index (χ0v) is 12.0. The van der Waals surface area contributed by atoms with Crippen LogP contribution in [-0.2, 0) is 11.2 Å². The fourth-order valence-corrected chi connectivity index (χ4v) is 2.54. The molecule has 0 aliphatic carbocycles. The molecular weight excluding hydrogens is 276 g/mol. The molecule has 1 saturated heterocycles. The maximum atomic E-state index is 11.9. The largest absolute Gasteiger partial charge is 0.354 e. The molecule has 0 radical (unpaired) electrons. The molecule has 0 spiro atoms. The third-order valence-electron chi connectivity index (χ3n) is 3.59. The van der Waals surface area contributed by atoms with Gasteiger partial charge in [0.05, 0.1) is 17.6 Å². The van der Waals surface area contributed by atoms with Crippen LogP contribution in [0.1, 0.15) is 18.5 Å². The van der Waals surface area contributed by atoms with Crippen LogP contribution in [0.5, 0.6) is 0 Å². The number of hydrogen-bond acceptors (Lipinski definition) is 3. The summed E-state index contributed by atoms with van der Waals surface area (Å²) in [4.78, 5) is 11.9. The van der Waals surface area contributed by atoms with Crippen LogP contribution in [0, 0.1) is 0 Å². The highest BCUT2D eigenvalue weighted by Gasteiger charge is 2.15. The van der Waals surface area contributed by atoms with Gasteiger partial charge in [-0.3, -0.25) is 9.89 Å². The van der Waals surface area contributed by atoms with E-state index >= 15 is 0 Å². The van der Waals surface area contributed by atoms with Crippen molar-refractivity contribution in [2.45, 2.75) is 25.3 Å². The summed E-state index contributed by atoms with van der Waals surface area (Å²) in [6.07, 6.45) is 2.70. The van der Waals surface area contributed by atoms with Crippen molar-refractivity contribution < 1.29 is 4.79 Å². The number of nitrogens with zero attached hydrogens (tertiary/aromatic N) is 1. The van der Waals surface area contributed by atoms with Gasteiger partial charge in [-0.15, -0.1) is 12.4 Å². The number of H-pyrrole nitrogens is 1. The molecule has 20 heavy (non-hydrogen) atoms. The summed E-state index contributed by atoms with van der Waals surface area (Å²) >= 11 is 0. The van der Waals surface area contributed by atoms with E-state index < -0.39 is 0 Å². The minimum atomic E-state index is 0. The minimum absolute atomic E-state index is 0. The topological polar surface area (TPSA) is 69.8 Å². The van der Waals surface area contributed by atoms with E-state index in [4.69, 9.17) is 0 Å². The lowest BCUT2D eigenvalue weighted by Crippen LogP contribution is -2.37. The van der Waals surface area contributed by atoms with E-state index in [1.54, 1.807) is 0 Å². The van der Waals surface area contributed by atoms with Crippen molar-refractivity contribution in [3.63, 3.8) is 0 Å². The molecule has 1 unspecified atom stereocenters. The predicted molar refractivity (Wildman–Crippen MR) is 81.1 cm³/mol. The number of aromatic nitrogens is 2. The Labute approximate surface area is 123 Å². The van der Waals surface area contributed by atoms with Crippen molar-refractivity contribution in [2.75, 3.05) is 13.1 Å². The van der Waals surface area contributed by atoms with Gasteiger partial charge in [0.25, 0.3) is 0 Å². The van der Waals surface area contributed by atoms with E-state index in [0.717, 1.165) is 29.6 Å². The summed E-state index contributed by atoms with van der Waals surface area (Å²) < 4.78 is 0. The molecule has 5 nitrogen and oxygen atoms in total. The van der Waals surface area contributed by atoms with E-state index in [9.17, 15) is 4.79 Å². The first-order valence-electron chi connectivity index (χ1n) is 6.75. The monoisotopic (exact) mass is 294 g/mol. The molecule has 0 saturated carbocycles. The molecule has 1 fully saturated rings. The fourth-order valence-electron chi connectivity index (χ4n) is 2.54. The fraction of sp³-hybridized carbons (Fsp3) is 0.429. The first kappa shape index (κ1) is 14.8. The van der Waals surface area contributed by atoms with Crippen LogP contribution in [0.3, 0.4) is 0 Å². The number of benzene rings is 1. The van der Waals surface area contributed by atoms with Crippen molar-refractivity contribution in [1.82, 2.24) is 20.8 Å². The van der Waals surface area contributed by atoms with Gasteiger partial charge in [0.1, 0.15) is 0 Å². The van der Waals surface area contributed by atoms with Gasteiger partial charge < -0.3 is 10.6 Å². The summed E-state index contributed by atoms with van der Waals surface area (Å²) in [6, 6.07) is 8.26. The number of rotatable bonds is 4. The number of fused-ring (bicyclic) bond motifs is 1. The van der Waals surface area contributed by atoms with Gasteiger partial charge in [0.2, 0.25) is 5.91 Å². The SMILES string of the molecule is Cl.O=C(Cc1[nH]nc2ccccc12)NCC1CCCN1. The van der Waals surface area contributed by atoms with Crippen LogP contribution >= 0.6 is 12.4 Å². The molecule has 6 heteroatoms. The van der Waals surface area contributed by atoms with Crippen molar-refractivity contribution >= 4 is 29.2 Å². The van der Waals surface area contributed by atoms with Crippen LogP contribution in [0.25, 0.3) is 10.9 Å². The molecule has 2 heterocycles. The average Bonchev–Trinajstić information content (AvgIpc) is 3.07. The number of amides is 1. The maximum Gasteiger partial charge on any atom is 0.226 e. The lowest BCUT2D eigenvalue weighted by Gasteiger charge is -2.11. The van der Waals surface area contributed by atoms with E-state index in [1.165, 1.54) is 6.42 Å². The van der Waals surface area contributed by atoms with Gasteiger partial charge in [0, 0.05) is 18.0 Å². The van der Waals surface area contributed by atoms with Gasteiger partial charge in [-0.05, 0) is 25.5 Å². The summed E-state index contributed by atoms with van der Waals surface area (Å²) in [5.74, 6) is 0.0445. The van der Waals surface area contributed by atoms with Crippen LogP contribution in [-0.4, -0.2) is 35.2 Å². The molecule has 1 atom stereocenters. The Morgan fingerprint density at radius 2 is 2.25 bits per heavy atom. The second-order valence-corrected chi connectivity index (χ2v) is 4.99. The number of hydrogen-bond donors (Lipinski definition) is 3. The van der Waals surface area contributed by atoms with E-state index in [1.807, 2.05) is 24.3 Å². The molecule has 3 rings (SSSR count). The van der Waals surface area contributed by atoms with Gasteiger partial charge >= 0.3 is 0 Å². The number of nitrogens with one attached hydrogen (secondary N) is 3. The lowest BCUT2D eigenvalue weighted by atomic mass is 10.1. The van der Waals surface area contributed by atoms with Gasteiger partial charge in [-0.2, -0.15) is 5.10 Å². The Morgan fingerprint density at radius 3 is 3.05 bits per heavy atom. The number of aromatic amines is 1. The first-order valence-corrected chi connectivity index (χ1v) is 6.75. The van der Waals surface area contributed by atoms with E-state index in [2.05, 4.69) is 20.8 Å². The number of para-hydroxylation sites is 1. The molecule has 1 aromatic heterocycles. The highest BCUT2D eigenvalue weighted by atomic mass is 35.5. The van der Waals surface area contributed by atoms with Crippen LogP contribution in [0.15, 0.2) is 24.3 Å². The molecule has 1 aromatic carbocycles. The van der Waals surface area contributed by atoms with E-state index in [-0.39, 0.29) is 18.3 Å². The van der Waals surface area contributed by atoms with Crippen molar-refractivity contribution in [1.29, 1.82) is 0 Å². The van der Waals surface area contributed by atoms with Crippen molar-refractivity contribution in [3.8, 4) is 0 Å². The summed E-state index contributed by atoms with van der Waals surface area (Å²) in [7, 11) is 0. The Balaban J connectivity index is 0.00000147. The van der Waals surface area contributed by atoms with Crippen LogP contribution < -0.4 is 10.6 Å². The molecule has 1 aliphatic heterocycles. The molecule has 1 amide bonds. The van der Waals surface area contributed by atoms with Crippen LogP contribution in [0.2, 0.25) is 0 Å². The lowest BCUT2D eigenvalue weighted by molar-refractivity contribution is -0.120. The van der Waals surface area contributed by atoms with Gasteiger partial charge in [-0.1, -0.05) is 18.2 Å². The summed E-state index contributed by atoms with van der Waals surface area (Å²) in [5.41, 5.74) is 1.79. The predicted octanol–water partition coefficient (Wildman–Crippen LogP) is 1.40. The maximum absolute atomic E-state index is 11.9. The second-order valence-electron chi connectivity index (χ2n) is 4.99. The molecule has 108 valence electrons. The quantitative estimate of drug-likeness (QED) is 0.798. The third-order valence-corrected chi connectivity index (χ3v) is 3.59. The highest BCUT2D eigenvalue weighted by molar-refractivity contribution is 5.87. The Bertz CT molecular complexity index is 577. The Hall–Kier alpha value is -1.59. The number of carbonyl (C=O) groups is 1. The van der Waals surface area contributed by atoms with E-state index in [0.29, 0.717) is 19.0 Å². The van der Waals surface area contributed by atoms with Gasteiger partial charge in [0.15, 0.2) is 0 Å². The summed E-state index contributed by atoms with van der Waals surface area (Å²) in [5, 5.41) is 14.5. The van der Waals surface area contributed by atoms with Gasteiger partial charge in [-0.25, -0.2) is 0 Å². The first-order chi connectivity index (χ1) is 9.33. The van der Waals surface area contributed by atoms with Crippen LogP contribution in [0.4, 0.5) is 0 Å². The van der Waals surface area contributed by atoms with Crippen molar-refractivity contribution in [2.24, 2.45) is 0 Å². The second kappa shape index (κ2) is 6.72. The molecular formula is C14H19ClN4O. The minimum Gasteiger partial charge on any atom is -0.354 e. The summed E-state index contributed by atoms with van der Waals surface area (Å²) in [6.45, 7) is 1.77. The number of halogens is 1. The Morgan fingerprint density at radius 1 is 1.40 bits per heavy atom. The standard InChI is InChI=1S/C14H18N4O.ClH/c19-14(16-9-10-4-3-7-15-10)8-13-11-5-1-2-6-12(11)17-18-13;/h1-2,5-6,10,15H,3-4,7-9H2,(H,16,19)(H,17,18);1H. The third kappa shape index (κ3) is 3.29. The molecule has 1 aliphatic rings. The molecule has 2 aromatic rings. The molecule has 0 bridgehead atoms. The number of carbonyl (C=O) groups excluding carboxylic acids is 1. The molecule has 3 N–H and O–H groups in total.